The van der Waals surface area contributed by atoms with Crippen molar-refractivity contribution in [2.75, 3.05) is 32.8 Å². The normalized spacial score (nSPS) is 10.7. The van der Waals surface area contributed by atoms with Crippen LogP contribution in [-0.2, 0) is 4.74 Å². The number of nitrogens with one attached hydrogen (secondary N) is 1. The summed E-state index contributed by atoms with van der Waals surface area (Å²) in [6, 6.07) is 21.0. The Kier molecular flexibility index (Phi) is 7.19. The molecule has 0 radical (unpaired) electrons. The van der Waals surface area contributed by atoms with E-state index in [1.807, 2.05) is 42.5 Å². The SMILES string of the molecule is COCCOc1ccc(NC(=O)c2cn(-c3ccccc3)nc2-c2ccc(OC)cc2)cc1F. The van der Waals surface area contributed by atoms with Gasteiger partial charge in [-0.05, 0) is 48.5 Å². The zero-order valence-electron chi connectivity index (χ0n) is 18.8. The molecule has 1 aromatic heterocycles. The van der Waals surface area contributed by atoms with E-state index in [1.54, 1.807) is 43.3 Å². The van der Waals surface area contributed by atoms with Crippen molar-refractivity contribution in [3.05, 3.63) is 90.4 Å². The molecule has 34 heavy (non-hydrogen) atoms. The van der Waals surface area contributed by atoms with Gasteiger partial charge >= 0.3 is 0 Å². The molecule has 0 aliphatic carbocycles. The number of ether oxygens (including phenoxy) is 3. The number of anilines is 1. The van der Waals surface area contributed by atoms with Gasteiger partial charge in [0.2, 0.25) is 0 Å². The first-order valence-corrected chi connectivity index (χ1v) is 10.6. The van der Waals surface area contributed by atoms with Gasteiger partial charge in [0.1, 0.15) is 18.1 Å². The van der Waals surface area contributed by atoms with E-state index in [0.29, 0.717) is 29.3 Å². The summed E-state index contributed by atoms with van der Waals surface area (Å²) in [5, 5.41) is 7.41. The molecule has 174 valence electrons. The van der Waals surface area contributed by atoms with Crippen molar-refractivity contribution in [3.8, 4) is 28.4 Å². The van der Waals surface area contributed by atoms with E-state index in [0.717, 1.165) is 11.3 Å². The first kappa shape index (κ1) is 23.0. The number of halogens is 1. The van der Waals surface area contributed by atoms with E-state index in [4.69, 9.17) is 14.2 Å². The minimum atomic E-state index is -0.579. The molecule has 7 nitrogen and oxygen atoms in total. The number of carbonyl (C=O) groups is 1. The molecular formula is C26H24FN3O4. The average molecular weight is 461 g/mol. The number of methoxy groups -OCH3 is 2. The number of rotatable bonds is 9. The Morgan fingerprint density at radius 3 is 2.44 bits per heavy atom. The maximum absolute atomic E-state index is 14.4. The molecule has 0 spiro atoms. The highest BCUT2D eigenvalue weighted by molar-refractivity contribution is 6.08. The summed E-state index contributed by atoms with van der Waals surface area (Å²) in [5.41, 5.74) is 2.68. The monoisotopic (exact) mass is 461 g/mol. The summed E-state index contributed by atoms with van der Waals surface area (Å²) in [6.07, 6.45) is 1.66. The Morgan fingerprint density at radius 1 is 1.00 bits per heavy atom. The van der Waals surface area contributed by atoms with Gasteiger partial charge in [-0.25, -0.2) is 9.07 Å². The fourth-order valence-corrected chi connectivity index (χ4v) is 3.34. The standard InChI is InChI=1S/C26H24FN3O4/c1-32-14-15-34-24-13-10-19(16-23(24)27)28-26(31)22-17-30(20-6-4-3-5-7-20)29-25(22)18-8-11-21(33-2)12-9-18/h3-13,16-17H,14-15H2,1-2H3,(H,28,31). The molecule has 0 aliphatic rings. The third kappa shape index (κ3) is 5.24. The predicted molar refractivity (Wildman–Crippen MR) is 127 cm³/mol. The van der Waals surface area contributed by atoms with Gasteiger partial charge in [0.25, 0.3) is 5.91 Å². The van der Waals surface area contributed by atoms with Crippen LogP contribution in [-0.4, -0.2) is 43.1 Å². The molecule has 8 heteroatoms. The average Bonchev–Trinajstić information content (AvgIpc) is 3.32. The van der Waals surface area contributed by atoms with Crippen LogP contribution in [0.3, 0.4) is 0 Å². The van der Waals surface area contributed by atoms with Crippen molar-refractivity contribution in [2.45, 2.75) is 0 Å². The number of hydrogen-bond donors (Lipinski definition) is 1. The van der Waals surface area contributed by atoms with Crippen LogP contribution in [0, 0.1) is 5.82 Å². The van der Waals surface area contributed by atoms with Crippen LogP contribution < -0.4 is 14.8 Å². The van der Waals surface area contributed by atoms with Crippen LogP contribution in [0.1, 0.15) is 10.4 Å². The molecule has 1 heterocycles. The molecule has 0 unspecified atom stereocenters. The second-order valence-electron chi connectivity index (χ2n) is 7.34. The van der Waals surface area contributed by atoms with Crippen LogP contribution in [0.5, 0.6) is 11.5 Å². The number of amides is 1. The highest BCUT2D eigenvalue weighted by atomic mass is 19.1. The van der Waals surface area contributed by atoms with Crippen molar-refractivity contribution in [1.82, 2.24) is 9.78 Å². The van der Waals surface area contributed by atoms with Gasteiger partial charge in [0, 0.05) is 30.6 Å². The lowest BCUT2D eigenvalue weighted by molar-refractivity contribution is 0.102. The second kappa shape index (κ2) is 10.6. The van der Waals surface area contributed by atoms with Gasteiger partial charge in [-0.15, -0.1) is 0 Å². The van der Waals surface area contributed by atoms with Crippen molar-refractivity contribution in [2.24, 2.45) is 0 Å². The van der Waals surface area contributed by atoms with Crippen LogP contribution in [0.2, 0.25) is 0 Å². The molecule has 0 atom stereocenters. The summed E-state index contributed by atoms with van der Waals surface area (Å²) in [6.45, 7) is 0.570. The van der Waals surface area contributed by atoms with Crippen molar-refractivity contribution in [1.29, 1.82) is 0 Å². The smallest absolute Gasteiger partial charge is 0.259 e. The number of hydrogen-bond acceptors (Lipinski definition) is 5. The van der Waals surface area contributed by atoms with E-state index >= 15 is 0 Å². The quantitative estimate of drug-likeness (QED) is 0.357. The molecular weight excluding hydrogens is 437 g/mol. The lowest BCUT2D eigenvalue weighted by atomic mass is 10.1. The minimum absolute atomic E-state index is 0.0888. The fraction of sp³-hybridized carbons (Fsp3) is 0.154. The molecule has 0 saturated heterocycles. The second-order valence-corrected chi connectivity index (χ2v) is 7.34. The van der Waals surface area contributed by atoms with Gasteiger partial charge in [-0.2, -0.15) is 5.10 Å². The zero-order chi connectivity index (χ0) is 23.9. The Balaban J connectivity index is 1.63. The summed E-state index contributed by atoms with van der Waals surface area (Å²) in [7, 11) is 3.13. The third-order valence-electron chi connectivity index (χ3n) is 5.08. The Hall–Kier alpha value is -4.17. The zero-order valence-corrected chi connectivity index (χ0v) is 18.8. The first-order chi connectivity index (χ1) is 16.6. The molecule has 0 saturated carbocycles. The topological polar surface area (TPSA) is 74.6 Å². The molecule has 0 bridgehead atoms. The van der Waals surface area contributed by atoms with E-state index < -0.39 is 11.7 Å². The van der Waals surface area contributed by atoms with Crippen molar-refractivity contribution in [3.63, 3.8) is 0 Å². The lowest BCUT2D eigenvalue weighted by Crippen LogP contribution is -2.13. The largest absolute Gasteiger partial charge is 0.497 e. The molecule has 1 N–H and O–H groups in total. The van der Waals surface area contributed by atoms with Crippen molar-refractivity contribution >= 4 is 11.6 Å². The summed E-state index contributed by atoms with van der Waals surface area (Å²) in [5.74, 6) is -0.212. The predicted octanol–water partition coefficient (Wildman–Crippen LogP) is 4.96. The maximum Gasteiger partial charge on any atom is 0.259 e. The van der Waals surface area contributed by atoms with Gasteiger partial charge < -0.3 is 19.5 Å². The summed E-state index contributed by atoms with van der Waals surface area (Å²) < 4.78 is 31.5. The van der Waals surface area contributed by atoms with Crippen LogP contribution >= 0.6 is 0 Å². The lowest BCUT2D eigenvalue weighted by Gasteiger charge is -2.09. The van der Waals surface area contributed by atoms with Gasteiger partial charge in [-0.3, -0.25) is 4.79 Å². The summed E-state index contributed by atoms with van der Waals surface area (Å²) >= 11 is 0. The van der Waals surface area contributed by atoms with Crippen LogP contribution in [0.15, 0.2) is 79.0 Å². The fourth-order valence-electron chi connectivity index (χ4n) is 3.34. The number of carbonyl (C=O) groups excluding carboxylic acids is 1. The van der Waals surface area contributed by atoms with Crippen LogP contribution in [0.4, 0.5) is 10.1 Å². The number of benzene rings is 3. The minimum Gasteiger partial charge on any atom is -0.497 e. The Labute approximate surface area is 196 Å². The molecule has 3 aromatic carbocycles. The first-order valence-electron chi connectivity index (χ1n) is 10.6. The Morgan fingerprint density at radius 2 is 1.76 bits per heavy atom. The highest BCUT2D eigenvalue weighted by Gasteiger charge is 2.19. The Bertz CT molecular complexity index is 1260. The van der Waals surface area contributed by atoms with Crippen LogP contribution in [0.25, 0.3) is 16.9 Å². The third-order valence-corrected chi connectivity index (χ3v) is 5.08. The summed E-state index contributed by atoms with van der Waals surface area (Å²) in [4.78, 5) is 13.2. The van der Waals surface area contributed by atoms with Gasteiger partial charge in [0.05, 0.1) is 25.0 Å². The van der Waals surface area contributed by atoms with Gasteiger partial charge in [0.15, 0.2) is 11.6 Å². The maximum atomic E-state index is 14.4. The van der Waals surface area contributed by atoms with E-state index in [9.17, 15) is 9.18 Å². The highest BCUT2D eigenvalue weighted by Crippen LogP contribution is 2.27. The van der Waals surface area contributed by atoms with Gasteiger partial charge in [-0.1, -0.05) is 18.2 Å². The molecule has 0 aliphatic heterocycles. The molecule has 1 amide bonds. The number of aromatic nitrogens is 2. The number of para-hydroxylation sites is 1. The van der Waals surface area contributed by atoms with Crippen molar-refractivity contribution < 1.29 is 23.4 Å². The molecule has 0 fully saturated rings. The van der Waals surface area contributed by atoms with E-state index in [2.05, 4.69) is 10.4 Å². The molecule has 4 aromatic rings. The molecule has 4 rings (SSSR count). The van der Waals surface area contributed by atoms with E-state index in [1.165, 1.54) is 12.1 Å². The number of nitrogens with zero attached hydrogens (tertiary/aromatic N) is 2. The van der Waals surface area contributed by atoms with E-state index in [-0.39, 0.29) is 12.4 Å².